The van der Waals surface area contributed by atoms with Crippen LogP contribution in [0.25, 0.3) is 0 Å². The number of hydrogen-bond donors (Lipinski definition) is 1. The summed E-state index contributed by atoms with van der Waals surface area (Å²) in [6, 6.07) is 3.45. The molecular weight excluding hydrogens is 303 g/mol. The SMILES string of the molecule is CC1CN(S(=O)(=O)c2ccc(F)c(C(N)=S)c2)CCO1. The van der Waals surface area contributed by atoms with Crippen molar-refractivity contribution in [3.8, 4) is 0 Å². The molecule has 1 atom stereocenters. The van der Waals surface area contributed by atoms with Crippen LogP contribution in [0.3, 0.4) is 0 Å². The first kappa shape index (κ1) is 15.3. The van der Waals surface area contributed by atoms with E-state index < -0.39 is 15.8 Å². The molecule has 1 heterocycles. The second-order valence-electron chi connectivity index (χ2n) is 4.55. The first-order valence-electron chi connectivity index (χ1n) is 6.03. The highest BCUT2D eigenvalue weighted by Crippen LogP contribution is 2.21. The molecule has 2 rings (SSSR count). The van der Waals surface area contributed by atoms with Gasteiger partial charge in [-0.25, -0.2) is 12.8 Å². The number of halogens is 1. The Kier molecular flexibility index (Phi) is 4.38. The molecule has 1 aromatic rings. The second kappa shape index (κ2) is 5.72. The molecular formula is C12H15FN2O3S2. The molecule has 1 aliphatic heterocycles. The van der Waals surface area contributed by atoms with Crippen molar-refractivity contribution in [2.24, 2.45) is 5.73 Å². The number of nitrogens with two attached hydrogens (primary N) is 1. The Morgan fingerprint density at radius 1 is 1.55 bits per heavy atom. The summed E-state index contributed by atoms with van der Waals surface area (Å²) in [5.74, 6) is -0.633. The summed E-state index contributed by atoms with van der Waals surface area (Å²) in [6.45, 7) is 2.67. The van der Waals surface area contributed by atoms with E-state index in [9.17, 15) is 12.8 Å². The van der Waals surface area contributed by atoms with Gasteiger partial charge in [-0.15, -0.1) is 0 Å². The fraction of sp³-hybridized carbons (Fsp3) is 0.417. The van der Waals surface area contributed by atoms with E-state index in [4.69, 9.17) is 22.7 Å². The Labute approximate surface area is 122 Å². The number of benzene rings is 1. The maximum atomic E-state index is 13.5. The zero-order valence-corrected chi connectivity index (χ0v) is 12.5. The van der Waals surface area contributed by atoms with Crippen molar-refractivity contribution in [1.82, 2.24) is 4.31 Å². The molecule has 1 unspecified atom stereocenters. The topological polar surface area (TPSA) is 72.6 Å². The predicted molar refractivity (Wildman–Crippen MR) is 76.5 cm³/mol. The van der Waals surface area contributed by atoms with Crippen molar-refractivity contribution in [3.63, 3.8) is 0 Å². The third-order valence-corrected chi connectivity index (χ3v) is 5.13. The molecule has 5 nitrogen and oxygen atoms in total. The molecule has 8 heteroatoms. The summed E-state index contributed by atoms with van der Waals surface area (Å²) < 4.78 is 45.1. The average Bonchev–Trinajstić information content (AvgIpc) is 2.38. The summed E-state index contributed by atoms with van der Waals surface area (Å²) >= 11 is 4.72. The molecule has 0 saturated carbocycles. The lowest BCUT2D eigenvalue weighted by atomic mass is 10.2. The van der Waals surface area contributed by atoms with E-state index in [0.717, 1.165) is 6.07 Å². The Bertz CT molecular complexity index is 634. The van der Waals surface area contributed by atoms with Crippen molar-refractivity contribution in [2.45, 2.75) is 17.9 Å². The van der Waals surface area contributed by atoms with E-state index in [1.54, 1.807) is 6.92 Å². The number of morpholine rings is 1. The van der Waals surface area contributed by atoms with Crippen LogP contribution in [0.4, 0.5) is 4.39 Å². The Morgan fingerprint density at radius 2 is 2.25 bits per heavy atom. The van der Waals surface area contributed by atoms with Crippen LogP contribution in [0.5, 0.6) is 0 Å². The van der Waals surface area contributed by atoms with Gasteiger partial charge in [0.25, 0.3) is 0 Å². The lowest BCUT2D eigenvalue weighted by Gasteiger charge is -2.30. The van der Waals surface area contributed by atoms with Gasteiger partial charge in [-0.2, -0.15) is 4.31 Å². The number of thiocarbonyl (C=S) groups is 1. The van der Waals surface area contributed by atoms with Gasteiger partial charge in [0.05, 0.1) is 17.6 Å². The molecule has 2 N–H and O–H groups in total. The van der Waals surface area contributed by atoms with Gasteiger partial charge < -0.3 is 10.5 Å². The zero-order chi connectivity index (χ0) is 14.9. The molecule has 0 radical (unpaired) electrons. The van der Waals surface area contributed by atoms with Gasteiger partial charge in [0, 0.05) is 18.7 Å². The molecule has 0 aliphatic carbocycles. The zero-order valence-electron chi connectivity index (χ0n) is 10.9. The van der Waals surface area contributed by atoms with Crippen molar-refractivity contribution in [2.75, 3.05) is 19.7 Å². The highest BCUT2D eigenvalue weighted by Gasteiger charge is 2.29. The predicted octanol–water partition coefficient (Wildman–Crippen LogP) is 0.869. The second-order valence-corrected chi connectivity index (χ2v) is 6.93. The minimum absolute atomic E-state index is 0.0178. The van der Waals surface area contributed by atoms with Gasteiger partial charge >= 0.3 is 0 Å². The molecule has 1 saturated heterocycles. The normalized spacial score (nSPS) is 20.8. The highest BCUT2D eigenvalue weighted by atomic mass is 32.2. The molecule has 0 bridgehead atoms. The molecule has 0 aromatic heterocycles. The summed E-state index contributed by atoms with van der Waals surface area (Å²) in [5.41, 5.74) is 5.32. The maximum Gasteiger partial charge on any atom is 0.243 e. The first-order valence-corrected chi connectivity index (χ1v) is 7.88. The van der Waals surface area contributed by atoms with Crippen molar-refractivity contribution < 1.29 is 17.5 Å². The van der Waals surface area contributed by atoms with Gasteiger partial charge in [-0.05, 0) is 25.1 Å². The fourth-order valence-corrected chi connectivity index (χ4v) is 3.69. The van der Waals surface area contributed by atoms with Crippen LogP contribution in [-0.2, 0) is 14.8 Å². The number of ether oxygens (including phenoxy) is 1. The van der Waals surface area contributed by atoms with E-state index in [1.165, 1.54) is 16.4 Å². The molecule has 1 aliphatic rings. The van der Waals surface area contributed by atoms with Gasteiger partial charge in [-0.1, -0.05) is 12.2 Å². The number of rotatable bonds is 3. The smallest absolute Gasteiger partial charge is 0.243 e. The van der Waals surface area contributed by atoms with Crippen molar-refractivity contribution in [1.29, 1.82) is 0 Å². The van der Waals surface area contributed by atoms with Crippen LogP contribution in [0.2, 0.25) is 0 Å². The van der Waals surface area contributed by atoms with Gasteiger partial charge in [-0.3, -0.25) is 0 Å². The quantitative estimate of drug-likeness (QED) is 0.837. The largest absolute Gasteiger partial charge is 0.389 e. The van der Waals surface area contributed by atoms with Gasteiger partial charge in [0.2, 0.25) is 10.0 Å². The monoisotopic (exact) mass is 318 g/mol. The third kappa shape index (κ3) is 2.98. The van der Waals surface area contributed by atoms with E-state index in [-0.39, 0.29) is 34.6 Å². The third-order valence-electron chi connectivity index (χ3n) is 3.04. The number of nitrogens with zero attached hydrogens (tertiary/aromatic N) is 1. The minimum Gasteiger partial charge on any atom is -0.389 e. The van der Waals surface area contributed by atoms with Gasteiger partial charge in [0.1, 0.15) is 10.8 Å². The van der Waals surface area contributed by atoms with Gasteiger partial charge in [0.15, 0.2) is 0 Å². The van der Waals surface area contributed by atoms with Crippen LogP contribution in [-0.4, -0.2) is 43.5 Å². The standard InChI is InChI=1S/C12H15FN2O3S2/c1-8-7-15(4-5-18-8)20(16,17)9-2-3-11(13)10(6-9)12(14)19/h2-3,6,8H,4-5,7H2,1H3,(H2,14,19). The number of hydrogen-bond acceptors (Lipinski definition) is 4. The van der Waals surface area contributed by atoms with E-state index in [2.05, 4.69) is 0 Å². The van der Waals surface area contributed by atoms with Crippen LogP contribution >= 0.6 is 12.2 Å². The first-order chi connectivity index (χ1) is 9.32. The molecule has 1 fully saturated rings. The summed E-state index contributed by atoms with van der Waals surface area (Å²) in [6.07, 6.45) is -0.172. The van der Waals surface area contributed by atoms with Crippen LogP contribution in [0.1, 0.15) is 12.5 Å². The summed E-state index contributed by atoms with van der Waals surface area (Å²) in [4.78, 5) is -0.189. The lowest BCUT2D eigenvalue weighted by Crippen LogP contribution is -2.44. The molecule has 0 amide bonds. The van der Waals surface area contributed by atoms with E-state index >= 15 is 0 Å². The van der Waals surface area contributed by atoms with E-state index in [1.807, 2.05) is 0 Å². The lowest BCUT2D eigenvalue weighted by molar-refractivity contribution is 0.0102. The summed E-state index contributed by atoms with van der Waals surface area (Å²) in [7, 11) is -3.70. The fourth-order valence-electron chi connectivity index (χ4n) is 2.01. The molecule has 20 heavy (non-hydrogen) atoms. The Hall–Kier alpha value is -1.09. The number of sulfonamides is 1. The molecule has 110 valence electrons. The Balaban J connectivity index is 2.39. The van der Waals surface area contributed by atoms with Crippen molar-refractivity contribution >= 4 is 27.2 Å². The molecule has 0 spiro atoms. The average molecular weight is 318 g/mol. The van der Waals surface area contributed by atoms with Crippen LogP contribution in [0, 0.1) is 5.82 Å². The van der Waals surface area contributed by atoms with Crippen LogP contribution in [0.15, 0.2) is 23.1 Å². The maximum absolute atomic E-state index is 13.5. The highest BCUT2D eigenvalue weighted by molar-refractivity contribution is 7.89. The molecule has 1 aromatic carbocycles. The van der Waals surface area contributed by atoms with Crippen LogP contribution < -0.4 is 5.73 Å². The Morgan fingerprint density at radius 3 is 2.85 bits per heavy atom. The minimum atomic E-state index is -3.70. The van der Waals surface area contributed by atoms with E-state index in [0.29, 0.717) is 6.61 Å². The summed E-state index contributed by atoms with van der Waals surface area (Å²) in [5, 5.41) is 0. The van der Waals surface area contributed by atoms with Crippen molar-refractivity contribution in [3.05, 3.63) is 29.6 Å².